The smallest absolute Gasteiger partial charge is 0.225 e. The summed E-state index contributed by atoms with van der Waals surface area (Å²) in [6, 6.07) is 41.5. The lowest BCUT2D eigenvalue weighted by molar-refractivity contribution is -0.384. The van der Waals surface area contributed by atoms with Gasteiger partial charge in [0.05, 0.1) is 26.4 Å². The minimum absolute atomic E-state index is 0.218. The summed E-state index contributed by atoms with van der Waals surface area (Å²) in [5.74, 6) is -1.90. The third-order valence-corrected chi connectivity index (χ3v) is 9.17. The molecule has 0 aliphatic carbocycles. The second-order valence-electron chi connectivity index (χ2n) is 12.0. The zero-order valence-corrected chi connectivity index (χ0v) is 28.0. The molecule has 6 rings (SSSR count). The summed E-state index contributed by atoms with van der Waals surface area (Å²) in [6.07, 6.45) is -3.04. The quantitative estimate of drug-likeness (QED) is 0.128. The van der Waals surface area contributed by atoms with Gasteiger partial charge in [0.15, 0.2) is 0 Å². The first-order valence-electron chi connectivity index (χ1n) is 16.3. The summed E-state index contributed by atoms with van der Waals surface area (Å²) >= 11 is 6.71. The summed E-state index contributed by atoms with van der Waals surface area (Å²) in [5.41, 5.74) is 4.62. The van der Waals surface area contributed by atoms with Crippen LogP contribution in [0.25, 0.3) is 0 Å². The van der Waals surface area contributed by atoms with E-state index in [1.807, 2.05) is 103 Å². The van der Waals surface area contributed by atoms with E-state index < -0.39 is 30.2 Å². The van der Waals surface area contributed by atoms with Gasteiger partial charge in [-0.05, 0) is 46.0 Å². The monoisotopic (exact) mass is 682 g/mol. The summed E-state index contributed by atoms with van der Waals surface area (Å²) in [7, 11) is 1.54. The molecule has 0 radical (unpaired) electrons. The summed E-state index contributed by atoms with van der Waals surface area (Å²) < 4.78 is 48.0. The van der Waals surface area contributed by atoms with Crippen molar-refractivity contribution >= 4 is 11.6 Å². The lowest BCUT2D eigenvalue weighted by atomic mass is 9.86. The highest BCUT2D eigenvalue weighted by Gasteiger charge is 2.58. The van der Waals surface area contributed by atoms with E-state index in [0.717, 1.165) is 16.7 Å². The van der Waals surface area contributed by atoms with Gasteiger partial charge in [0.2, 0.25) is 5.79 Å². The molecular weight excluding hydrogens is 643 g/mol. The molecule has 0 spiro atoms. The van der Waals surface area contributed by atoms with Crippen molar-refractivity contribution in [3.63, 3.8) is 0 Å². The van der Waals surface area contributed by atoms with Crippen LogP contribution in [-0.2, 0) is 55.7 Å². The van der Waals surface area contributed by atoms with E-state index >= 15 is 0 Å². The molecule has 0 saturated carbocycles. The predicted molar refractivity (Wildman–Crippen MR) is 186 cm³/mol. The zero-order chi connectivity index (χ0) is 34.1. The van der Waals surface area contributed by atoms with Crippen LogP contribution in [0.2, 0.25) is 5.02 Å². The van der Waals surface area contributed by atoms with Crippen molar-refractivity contribution in [1.29, 1.82) is 0 Å². The number of aliphatic hydroxyl groups is 1. The van der Waals surface area contributed by atoms with Gasteiger partial charge < -0.3 is 28.8 Å². The molecule has 1 aliphatic heterocycles. The molecule has 1 N–H and O–H groups in total. The maximum absolute atomic E-state index is 14.8. The Balaban J connectivity index is 1.43. The molecule has 1 heterocycles. The van der Waals surface area contributed by atoms with E-state index in [1.165, 1.54) is 13.2 Å². The van der Waals surface area contributed by atoms with Gasteiger partial charge in [0.1, 0.15) is 30.2 Å². The fourth-order valence-corrected chi connectivity index (χ4v) is 6.46. The van der Waals surface area contributed by atoms with Gasteiger partial charge in [-0.15, -0.1) is 0 Å². The van der Waals surface area contributed by atoms with Crippen LogP contribution < -0.4 is 0 Å². The summed E-state index contributed by atoms with van der Waals surface area (Å²) in [5, 5.41) is 11.3. The first kappa shape index (κ1) is 34.9. The molecule has 254 valence electrons. The molecular formula is C41H40ClFO6. The molecule has 1 aliphatic rings. The van der Waals surface area contributed by atoms with Crippen LogP contribution in [-0.4, -0.2) is 43.2 Å². The Hall–Kier alpha value is -3.92. The third-order valence-electron chi connectivity index (χ3n) is 8.80. The maximum Gasteiger partial charge on any atom is 0.225 e. The molecule has 0 aromatic heterocycles. The van der Waals surface area contributed by atoms with Crippen molar-refractivity contribution in [2.75, 3.05) is 13.7 Å². The van der Waals surface area contributed by atoms with Crippen molar-refractivity contribution in [1.82, 2.24) is 0 Å². The number of halogens is 2. The predicted octanol–water partition coefficient (Wildman–Crippen LogP) is 8.02. The highest BCUT2D eigenvalue weighted by atomic mass is 35.5. The van der Waals surface area contributed by atoms with Gasteiger partial charge in [-0.2, -0.15) is 0 Å². The summed E-state index contributed by atoms with van der Waals surface area (Å²) in [4.78, 5) is 0. The fourth-order valence-electron chi connectivity index (χ4n) is 6.27. The molecule has 49 heavy (non-hydrogen) atoms. The summed E-state index contributed by atoms with van der Waals surface area (Å²) in [6.45, 7) is 0.349. The molecule has 1 fully saturated rings. The van der Waals surface area contributed by atoms with E-state index in [2.05, 4.69) is 0 Å². The fraction of sp³-hybridized carbons (Fsp3) is 0.268. The Morgan fingerprint density at radius 2 is 1.20 bits per heavy atom. The Kier molecular flexibility index (Phi) is 11.9. The molecule has 5 atom stereocenters. The minimum Gasteiger partial charge on any atom is -0.394 e. The average molecular weight is 683 g/mol. The van der Waals surface area contributed by atoms with E-state index in [-0.39, 0.29) is 38.7 Å². The van der Waals surface area contributed by atoms with Crippen molar-refractivity contribution in [2.24, 2.45) is 0 Å². The molecule has 0 bridgehead atoms. The van der Waals surface area contributed by atoms with Crippen molar-refractivity contribution < 1.29 is 33.2 Å². The van der Waals surface area contributed by atoms with Gasteiger partial charge in [0.25, 0.3) is 0 Å². The van der Waals surface area contributed by atoms with Crippen LogP contribution >= 0.6 is 11.6 Å². The van der Waals surface area contributed by atoms with Gasteiger partial charge >= 0.3 is 0 Å². The van der Waals surface area contributed by atoms with E-state index in [0.29, 0.717) is 21.7 Å². The van der Waals surface area contributed by atoms with Gasteiger partial charge in [-0.25, -0.2) is 4.39 Å². The van der Waals surface area contributed by atoms with E-state index in [4.69, 9.17) is 35.3 Å². The number of ether oxygens (including phenoxy) is 5. The van der Waals surface area contributed by atoms with E-state index in [9.17, 15) is 9.50 Å². The largest absolute Gasteiger partial charge is 0.394 e. The normalized spacial score (nSPS) is 22.2. The number of rotatable bonds is 14. The van der Waals surface area contributed by atoms with Crippen molar-refractivity contribution in [3.8, 4) is 0 Å². The second kappa shape index (κ2) is 16.7. The molecule has 8 heteroatoms. The number of hydrogen-bond acceptors (Lipinski definition) is 6. The first-order chi connectivity index (χ1) is 24.0. The number of hydrogen-bond donors (Lipinski definition) is 1. The highest BCUT2D eigenvalue weighted by molar-refractivity contribution is 6.31. The van der Waals surface area contributed by atoms with Crippen LogP contribution in [0.5, 0.6) is 0 Å². The molecule has 1 saturated heterocycles. The molecule has 5 aromatic carbocycles. The van der Waals surface area contributed by atoms with Crippen molar-refractivity contribution in [2.45, 2.75) is 56.4 Å². The molecule has 0 amide bonds. The van der Waals surface area contributed by atoms with Gasteiger partial charge in [0, 0.05) is 24.1 Å². The number of aliphatic hydroxyl groups excluding tert-OH is 1. The van der Waals surface area contributed by atoms with E-state index in [1.54, 1.807) is 24.3 Å². The number of methoxy groups -OCH3 is 1. The molecule has 6 nitrogen and oxygen atoms in total. The average Bonchev–Trinajstić information content (AvgIpc) is 3.15. The number of benzene rings is 5. The molecule has 5 aromatic rings. The van der Waals surface area contributed by atoms with Crippen LogP contribution in [0.3, 0.4) is 0 Å². The zero-order valence-electron chi connectivity index (χ0n) is 27.3. The minimum atomic E-state index is -1.58. The lowest BCUT2D eigenvalue weighted by Crippen LogP contribution is -2.66. The topological polar surface area (TPSA) is 66.4 Å². The second-order valence-corrected chi connectivity index (χ2v) is 12.4. The maximum atomic E-state index is 14.8. The third kappa shape index (κ3) is 8.28. The highest BCUT2D eigenvalue weighted by Crippen LogP contribution is 2.44. The Bertz CT molecular complexity index is 1760. The van der Waals surface area contributed by atoms with Crippen LogP contribution in [0.15, 0.2) is 133 Å². The van der Waals surface area contributed by atoms with Crippen molar-refractivity contribution in [3.05, 3.63) is 178 Å². The Morgan fingerprint density at radius 3 is 1.76 bits per heavy atom. The van der Waals surface area contributed by atoms with Crippen LogP contribution in [0.1, 0.15) is 33.4 Å². The van der Waals surface area contributed by atoms with Crippen LogP contribution in [0, 0.1) is 5.82 Å². The Morgan fingerprint density at radius 1 is 0.673 bits per heavy atom. The lowest BCUT2D eigenvalue weighted by Gasteiger charge is -2.52. The Labute approximate surface area is 291 Å². The van der Waals surface area contributed by atoms with Gasteiger partial charge in [-0.1, -0.05) is 127 Å². The standard InChI is InChI=1S/C41H40ClFO6/c1-45-41(34-21-22-35(42)33(24-34)23-32-19-11-12-20-36(32)43)40(48-28-31-17-9-4-10-18-31)39(47-27-30-15-7-3-8-16-30)38(37(25-44)49-41)46-26-29-13-5-2-6-14-29/h2-22,24,37-40,44H,23,25-28H2,1H3/t37-,38-,39+,40-,41+/m1/s1. The van der Waals surface area contributed by atoms with Gasteiger partial charge in [-0.3, -0.25) is 0 Å². The molecule has 0 unspecified atom stereocenters. The first-order valence-corrected chi connectivity index (χ1v) is 16.7. The SMILES string of the molecule is CO[C@@]1(c2ccc(Cl)c(Cc3ccccc3F)c2)O[C@H](CO)[C@@H](OCc2ccccc2)[C@H](OCc2ccccc2)[C@H]1OCc1ccccc1. The van der Waals surface area contributed by atoms with Crippen LogP contribution in [0.4, 0.5) is 4.39 Å².